The minimum Gasteiger partial charge on any atom is -0.388 e. The van der Waals surface area contributed by atoms with Crippen LogP contribution in [-0.2, 0) is 4.79 Å². The monoisotopic (exact) mass is 510 g/mol. The quantitative estimate of drug-likeness (QED) is 0.382. The molecule has 1 spiro atoms. The molecule has 4 heterocycles. The lowest BCUT2D eigenvalue weighted by Crippen LogP contribution is -2.78. The Labute approximate surface area is 224 Å². The lowest BCUT2D eigenvalue weighted by atomic mass is 9.50. The SMILES string of the molecule is O=C[C@@]12CCCCCCCCCCN3CC[C@H]4[C@@H](CN5CCC/C=C\C/C=C\C=C\[C@@H](O)[C@@H](O)[C@@]45[C@@H]31)C2. The fourth-order valence-electron chi connectivity index (χ4n) is 9.12. The van der Waals surface area contributed by atoms with Gasteiger partial charge in [-0.05, 0) is 76.4 Å². The van der Waals surface area contributed by atoms with Crippen molar-refractivity contribution in [3.8, 4) is 0 Å². The van der Waals surface area contributed by atoms with Gasteiger partial charge in [0, 0.05) is 18.0 Å². The summed E-state index contributed by atoms with van der Waals surface area (Å²) < 4.78 is 0. The molecule has 37 heavy (non-hydrogen) atoms. The van der Waals surface area contributed by atoms with E-state index in [-0.39, 0.29) is 6.04 Å². The van der Waals surface area contributed by atoms with Crippen molar-refractivity contribution in [1.82, 2.24) is 9.80 Å². The first-order valence-corrected chi connectivity index (χ1v) is 15.4. The lowest BCUT2D eigenvalue weighted by Gasteiger charge is -2.65. The number of carbonyl (C=O) groups excluding carboxylic acids is 1. The zero-order valence-corrected chi connectivity index (χ0v) is 22.9. The van der Waals surface area contributed by atoms with Gasteiger partial charge in [0.15, 0.2) is 0 Å². The number of piperidine rings is 1. The van der Waals surface area contributed by atoms with Crippen LogP contribution in [0.5, 0.6) is 0 Å². The molecule has 5 heteroatoms. The molecule has 0 aromatic carbocycles. The van der Waals surface area contributed by atoms with E-state index in [1.807, 2.05) is 12.2 Å². The molecule has 4 bridgehead atoms. The highest BCUT2D eigenvalue weighted by atomic mass is 16.3. The van der Waals surface area contributed by atoms with Crippen molar-refractivity contribution in [3.05, 3.63) is 36.5 Å². The summed E-state index contributed by atoms with van der Waals surface area (Å²) in [7, 11) is 0. The Balaban J connectivity index is 1.59. The van der Waals surface area contributed by atoms with Crippen molar-refractivity contribution in [3.63, 3.8) is 0 Å². The number of rotatable bonds is 1. The van der Waals surface area contributed by atoms with E-state index in [4.69, 9.17) is 0 Å². The highest BCUT2D eigenvalue weighted by Crippen LogP contribution is 2.62. The van der Waals surface area contributed by atoms with Crippen LogP contribution in [0.1, 0.15) is 89.9 Å². The summed E-state index contributed by atoms with van der Waals surface area (Å²) in [4.78, 5) is 18.5. The molecule has 4 fully saturated rings. The van der Waals surface area contributed by atoms with Crippen LogP contribution >= 0.6 is 0 Å². The van der Waals surface area contributed by atoms with Gasteiger partial charge in [-0.1, -0.05) is 81.4 Å². The van der Waals surface area contributed by atoms with E-state index >= 15 is 0 Å². The zero-order valence-electron chi connectivity index (χ0n) is 22.9. The molecule has 0 aromatic heterocycles. The van der Waals surface area contributed by atoms with E-state index in [1.165, 1.54) is 44.8 Å². The molecule has 0 unspecified atom stereocenters. The highest BCUT2D eigenvalue weighted by Gasteiger charge is 2.72. The van der Waals surface area contributed by atoms with E-state index < -0.39 is 23.2 Å². The van der Waals surface area contributed by atoms with Crippen LogP contribution in [0.2, 0.25) is 0 Å². The summed E-state index contributed by atoms with van der Waals surface area (Å²) in [6.45, 7) is 3.88. The summed E-state index contributed by atoms with van der Waals surface area (Å²) in [5.74, 6) is 0.741. The van der Waals surface area contributed by atoms with E-state index in [1.54, 1.807) is 6.08 Å². The number of nitrogens with zero attached hydrogens (tertiary/aromatic N) is 2. The standard InChI is InChI=1S/C32H50N2O3/c35-25-31-19-14-10-6-2-4-7-11-15-20-33-22-18-27-26(23-31)24-34-21-16-12-8-3-1-5-9-13-17-28(36)29(37)32(27,34)30(31)33/h3,5,8-9,13,17,25-30,36-37H,1-2,4,6-7,10-12,14-16,18-24H2/b8-3-,9-5-,17-13+/t26-,27+,28-,29-,30+,31+,32-/m1/s1. The number of aldehydes is 1. The molecule has 5 aliphatic rings. The normalized spacial score (nSPS) is 45.2. The maximum absolute atomic E-state index is 13.3. The largest absolute Gasteiger partial charge is 0.388 e. The third kappa shape index (κ3) is 5.18. The number of allylic oxidation sites excluding steroid dienone is 5. The fraction of sp³-hybridized carbons (Fsp3) is 0.781. The van der Waals surface area contributed by atoms with Gasteiger partial charge in [0.05, 0.1) is 5.54 Å². The topological polar surface area (TPSA) is 64.0 Å². The minimum atomic E-state index is -0.945. The molecule has 5 rings (SSSR count). The van der Waals surface area contributed by atoms with Gasteiger partial charge in [0.2, 0.25) is 0 Å². The van der Waals surface area contributed by atoms with Crippen LogP contribution in [0.4, 0.5) is 0 Å². The van der Waals surface area contributed by atoms with Gasteiger partial charge in [-0.3, -0.25) is 9.80 Å². The molecule has 7 atom stereocenters. The Morgan fingerprint density at radius 3 is 2.43 bits per heavy atom. The Morgan fingerprint density at radius 2 is 1.62 bits per heavy atom. The van der Waals surface area contributed by atoms with Crippen LogP contribution in [-0.4, -0.2) is 76.3 Å². The highest BCUT2D eigenvalue weighted by molar-refractivity contribution is 5.63. The smallest absolute Gasteiger partial charge is 0.127 e. The average molecular weight is 511 g/mol. The first kappa shape index (κ1) is 27.3. The zero-order chi connectivity index (χ0) is 25.7. The molecule has 0 aromatic rings. The molecule has 0 amide bonds. The van der Waals surface area contributed by atoms with E-state index in [0.29, 0.717) is 11.8 Å². The van der Waals surface area contributed by atoms with Gasteiger partial charge in [-0.15, -0.1) is 0 Å². The van der Waals surface area contributed by atoms with Gasteiger partial charge in [0.1, 0.15) is 18.5 Å². The summed E-state index contributed by atoms with van der Waals surface area (Å²) in [5, 5.41) is 23.7. The predicted octanol–water partition coefficient (Wildman–Crippen LogP) is 5.04. The summed E-state index contributed by atoms with van der Waals surface area (Å²) >= 11 is 0. The molecule has 2 N–H and O–H groups in total. The molecule has 206 valence electrons. The van der Waals surface area contributed by atoms with Gasteiger partial charge in [-0.25, -0.2) is 0 Å². The molecule has 1 saturated carbocycles. The Bertz CT molecular complexity index is 855. The lowest BCUT2D eigenvalue weighted by molar-refractivity contribution is -0.190. The van der Waals surface area contributed by atoms with E-state index in [2.05, 4.69) is 28.0 Å². The van der Waals surface area contributed by atoms with Crippen molar-refractivity contribution in [2.75, 3.05) is 26.2 Å². The first-order valence-electron chi connectivity index (χ1n) is 15.4. The second-order valence-electron chi connectivity index (χ2n) is 12.7. The first-order chi connectivity index (χ1) is 18.1. The van der Waals surface area contributed by atoms with Crippen LogP contribution in [0, 0.1) is 17.3 Å². The molecule has 0 radical (unpaired) electrons. The van der Waals surface area contributed by atoms with Crippen molar-refractivity contribution in [1.29, 1.82) is 0 Å². The van der Waals surface area contributed by atoms with Crippen molar-refractivity contribution in [2.24, 2.45) is 17.3 Å². The molecular formula is C32H50N2O3. The summed E-state index contributed by atoms with van der Waals surface area (Å²) in [6.07, 6.45) is 27.4. The van der Waals surface area contributed by atoms with Crippen LogP contribution in [0.15, 0.2) is 36.5 Å². The Kier molecular flexibility index (Phi) is 9.06. The number of aliphatic hydroxyl groups is 2. The fourth-order valence-corrected chi connectivity index (χ4v) is 9.12. The number of hydrogen-bond donors (Lipinski definition) is 2. The van der Waals surface area contributed by atoms with Gasteiger partial charge in [0.25, 0.3) is 0 Å². The molecule has 3 saturated heterocycles. The predicted molar refractivity (Wildman–Crippen MR) is 149 cm³/mol. The molecule has 5 nitrogen and oxygen atoms in total. The minimum absolute atomic E-state index is 0.0345. The van der Waals surface area contributed by atoms with Crippen molar-refractivity contribution < 1.29 is 15.0 Å². The van der Waals surface area contributed by atoms with E-state index in [0.717, 1.165) is 77.5 Å². The second-order valence-corrected chi connectivity index (χ2v) is 12.7. The van der Waals surface area contributed by atoms with Gasteiger partial charge >= 0.3 is 0 Å². The summed E-state index contributed by atoms with van der Waals surface area (Å²) in [5.41, 5.74) is -1.02. The third-order valence-electron chi connectivity index (χ3n) is 10.5. The third-order valence-corrected chi connectivity index (χ3v) is 10.5. The second kappa shape index (κ2) is 12.3. The van der Waals surface area contributed by atoms with Crippen LogP contribution in [0.25, 0.3) is 0 Å². The number of carbonyl (C=O) groups is 1. The Morgan fingerprint density at radius 1 is 0.838 bits per heavy atom. The van der Waals surface area contributed by atoms with Crippen LogP contribution in [0.3, 0.4) is 0 Å². The number of aliphatic hydroxyl groups excluding tert-OH is 2. The molecule has 1 aliphatic carbocycles. The van der Waals surface area contributed by atoms with E-state index in [9.17, 15) is 15.0 Å². The maximum atomic E-state index is 13.3. The van der Waals surface area contributed by atoms with Crippen molar-refractivity contribution in [2.45, 2.75) is 114 Å². The maximum Gasteiger partial charge on any atom is 0.127 e. The van der Waals surface area contributed by atoms with Gasteiger partial charge in [-0.2, -0.15) is 0 Å². The van der Waals surface area contributed by atoms with Crippen LogP contribution < -0.4 is 0 Å². The molecular weight excluding hydrogens is 460 g/mol. The van der Waals surface area contributed by atoms with Gasteiger partial charge < -0.3 is 15.0 Å². The average Bonchev–Trinajstić information content (AvgIpc) is 3.15. The Hall–Kier alpha value is -1.27. The van der Waals surface area contributed by atoms with Crippen molar-refractivity contribution >= 4 is 6.29 Å². The molecule has 4 aliphatic heterocycles. The summed E-state index contributed by atoms with van der Waals surface area (Å²) in [6, 6.07) is -0.0345. The number of hydrogen-bond acceptors (Lipinski definition) is 5.